The van der Waals surface area contributed by atoms with Gasteiger partial charge in [0.25, 0.3) is 0 Å². The summed E-state index contributed by atoms with van der Waals surface area (Å²) in [5, 5.41) is 3.78. The molecule has 3 aromatic rings. The third kappa shape index (κ3) is 6.17. The van der Waals surface area contributed by atoms with Crippen molar-refractivity contribution < 1.29 is 19.1 Å². The van der Waals surface area contributed by atoms with Gasteiger partial charge in [-0.1, -0.05) is 30.3 Å². The van der Waals surface area contributed by atoms with Gasteiger partial charge in [0.05, 0.1) is 5.52 Å². The molecule has 35 heavy (non-hydrogen) atoms. The van der Waals surface area contributed by atoms with Crippen LogP contribution < -0.4 is 10.1 Å². The van der Waals surface area contributed by atoms with E-state index in [2.05, 4.69) is 47.6 Å². The van der Waals surface area contributed by atoms with Crippen molar-refractivity contribution in [2.75, 3.05) is 13.1 Å². The zero-order valence-corrected chi connectivity index (χ0v) is 20.8. The van der Waals surface area contributed by atoms with Crippen LogP contribution in [0.4, 0.5) is 4.79 Å². The first-order chi connectivity index (χ1) is 16.7. The normalized spacial score (nSPS) is 16.0. The summed E-state index contributed by atoms with van der Waals surface area (Å²) >= 11 is 0. The van der Waals surface area contributed by atoms with Crippen LogP contribution in [0.1, 0.15) is 39.2 Å². The molecule has 7 nitrogen and oxygen atoms in total. The molecule has 1 saturated heterocycles. The second-order valence-corrected chi connectivity index (χ2v) is 9.92. The quantitative estimate of drug-likeness (QED) is 0.500. The Labute approximate surface area is 206 Å². The maximum atomic E-state index is 12.0. The minimum Gasteiger partial charge on any atom is -0.490 e. The summed E-state index contributed by atoms with van der Waals surface area (Å²) in [5.74, 6) is 0.822. The highest BCUT2D eigenvalue weighted by Crippen LogP contribution is 2.30. The molecule has 2 heterocycles. The first-order valence-electron chi connectivity index (χ1n) is 12.0. The van der Waals surface area contributed by atoms with Gasteiger partial charge in [0.1, 0.15) is 23.6 Å². The summed E-state index contributed by atoms with van der Waals surface area (Å²) in [5.41, 5.74) is 3.85. The van der Waals surface area contributed by atoms with Gasteiger partial charge in [-0.05, 0) is 75.4 Å². The van der Waals surface area contributed by atoms with Crippen LogP contribution in [0.15, 0.2) is 54.7 Å². The summed E-state index contributed by atoms with van der Waals surface area (Å²) in [7, 11) is 0. The number of likely N-dealkylation sites (tertiary alicyclic amines) is 1. The van der Waals surface area contributed by atoms with Gasteiger partial charge in [0.2, 0.25) is 0 Å². The number of carbonyl (C=O) groups excluding carboxylic acids is 2. The van der Waals surface area contributed by atoms with E-state index in [1.54, 1.807) is 20.8 Å². The molecule has 1 unspecified atom stereocenters. The molecule has 2 aromatic carbocycles. The molecule has 0 saturated carbocycles. The molecule has 0 aliphatic carbocycles. The fraction of sp³-hybridized carbons (Fsp3) is 0.393. The minimum atomic E-state index is -0.704. The molecule has 1 aliphatic rings. The molecule has 0 bridgehead atoms. The average molecular weight is 476 g/mol. The second-order valence-electron chi connectivity index (χ2n) is 9.92. The third-order valence-corrected chi connectivity index (χ3v) is 6.16. The predicted octanol–water partition coefficient (Wildman–Crippen LogP) is 5.10. The van der Waals surface area contributed by atoms with E-state index in [0.717, 1.165) is 52.5 Å². The summed E-state index contributed by atoms with van der Waals surface area (Å²) in [6, 6.07) is 16.4. The van der Waals surface area contributed by atoms with E-state index >= 15 is 0 Å². The average Bonchev–Trinajstić information content (AvgIpc) is 2.83. The van der Waals surface area contributed by atoms with Gasteiger partial charge in [-0.25, -0.2) is 4.79 Å². The molecular formula is C28H33N3O4. The number of aryl methyl sites for hydroxylation is 1. The van der Waals surface area contributed by atoms with Crippen molar-refractivity contribution in [3.8, 4) is 16.9 Å². The predicted molar refractivity (Wildman–Crippen MR) is 136 cm³/mol. The molecule has 1 atom stereocenters. The number of amides is 1. The Morgan fingerprint density at radius 2 is 1.83 bits per heavy atom. The summed E-state index contributed by atoms with van der Waals surface area (Å²) < 4.78 is 11.5. The number of aldehydes is 1. The largest absolute Gasteiger partial charge is 0.490 e. The fourth-order valence-corrected chi connectivity index (χ4v) is 4.42. The monoisotopic (exact) mass is 475 g/mol. The molecule has 1 aromatic heterocycles. The molecule has 0 spiro atoms. The minimum absolute atomic E-state index is 0.0533. The maximum absolute atomic E-state index is 12.0. The van der Waals surface area contributed by atoms with Crippen LogP contribution in [-0.4, -0.2) is 53.2 Å². The highest BCUT2D eigenvalue weighted by atomic mass is 16.6. The number of pyridine rings is 1. The van der Waals surface area contributed by atoms with E-state index in [1.807, 2.05) is 29.3 Å². The number of fused-ring (bicyclic) bond motifs is 1. The van der Waals surface area contributed by atoms with Gasteiger partial charge in [-0.2, -0.15) is 0 Å². The molecule has 0 radical (unpaired) electrons. The van der Waals surface area contributed by atoms with Gasteiger partial charge in [-0.3, -0.25) is 20.0 Å². The Bertz CT molecular complexity index is 1180. The Kier molecular flexibility index (Phi) is 7.36. The van der Waals surface area contributed by atoms with Gasteiger partial charge >= 0.3 is 6.09 Å². The van der Waals surface area contributed by atoms with E-state index in [1.165, 1.54) is 0 Å². The number of ether oxygens (including phenoxy) is 2. The van der Waals surface area contributed by atoms with Crippen molar-refractivity contribution in [2.45, 2.75) is 58.4 Å². The molecule has 1 amide bonds. The Morgan fingerprint density at radius 3 is 2.49 bits per heavy atom. The van der Waals surface area contributed by atoms with Crippen molar-refractivity contribution in [3.63, 3.8) is 0 Å². The highest BCUT2D eigenvalue weighted by Gasteiger charge is 2.28. The van der Waals surface area contributed by atoms with Gasteiger partial charge in [0.15, 0.2) is 6.29 Å². The fourth-order valence-electron chi connectivity index (χ4n) is 4.42. The zero-order chi connectivity index (χ0) is 25.0. The molecule has 7 heteroatoms. The van der Waals surface area contributed by atoms with Crippen LogP contribution >= 0.6 is 0 Å². The highest BCUT2D eigenvalue weighted by molar-refractivity contribution is 5.88. The molecule has 1 fully saturated rings. The lowest BCUT2D eigenvalue weighted by molar-refractivity contribution is -0.114. The lowest BCUT2D eigenvalue weighted by Gasteiger charge is -2.35. The first-order valence-corrected chi connectivity index (χ1v) is 12.0. The summed E-state index contributed by atoms with van der Waals surface area (Å²) in [6.45, 7) is 8.76. The third-order valence-electron chi connectivity index (χ3n) is 6.16. The summed E-state index contributed by atoms with van der Waals surface area (Å²) in [4.78, 5) is 30.1. The standard InChI is InChI=1S/C28H33N3O4/c1-19-24(12-9-21-6-5-15-29-26(19)21)20-7-10-22(11-8-20)34-23-13-16-31(17-14-23)25(18-32)30-27(33)35-28(2,3)4/h5-12,15,18,23,25H,13-14,16-17H2,1-4H3,(H,30,33). The number of aromatic nitrogens is 1. The molecule has 1 aliphatic heterocycles. The smallest absolute Gasteiger partial charge is 0.409 e. The van der Waals surface area contributed by atoms with E-state index < -0.39 is 17.9 Å². The lowest BCUT2D eigenvalue weighted by atomic mass is 9.98. The van der Waals surface area contributed by atoms with Crippen LogP contribution in [0.25, 0.3) is 22.0 Å². The van der Waals surface area contributed by atoms with Gasteiger partial charge < -0.3 is 9.47 Å². The van der Waals surface area contributed by atoms with E-state index in [4.69, 9.17) is 9.47 Å². The number of carbonyl (C=O) groups is 2. The summed E-state index contributed by atoms with van der Waals surface area (Å²) in [6.07, 6.45) is 2.85. The van der Waals surface area contributed by atoms with Crippen LogP contribution in [0.5, 0.6) is 5.75 Å². The van der Waals surface area contributed by atoms with Crippen LogP contribution in [0.2, 0.25) is 0 Å². The number of hydrogen-bond acceptors (Lipinski definition) is 6. The maximum Gasteiger partial charge on any atom is 0.409 e. The van der Waals surface area contributed by atoms with Crippen molar-refractivity contribution in [1.29, 1.82) is 0 Å². The van der Waals surface area contributed by atoms with Crippen molar-refractivity contribution in [1.82, 2.24) is 15.2 Å². The number of hydrogen-bond donors (Lipinski definition) is 1. The van der Waals surface area contributed by atoms with Crippen molar-refractivity contribution in [2.24, 2.45) is 0 Å². The molecule has 184 valence electrons. The van der Waals surface area contributed by atoms with Crippen LogP contribution in [0, 0.1) is 6.92 Å². The molecular weight excluding hydrogens is 442 g/mol. The molecule has 1 N–H and O–H groups in total. The Morgan fingerprint density at radius 1 is 1.11 bits per heavy atom. The molecule has 4 rings (SSSR count). The SMILES string of the molecule is Cc1c(-c2ccc(OC3CCN(C(C=O)NC(=O)OC(C)(C)C)CC3)cc2)ccc2cccnc12. The number of piperidine rings is 1. The second kappa shape index (κ2) is 10.4. The van der Waals surface area contributed by atoms with E-state index in [9.17, 15) is 9.59 Å². The topological polar surface area (TPSA) is 80.8 Å². The Balaban J connectivity index is 1.33. The van der Waals surface area contributed by atoms with Crippen LogP contribution in [0.3, 0.4) is 0 Å². The number of nitrogens with one attached hydrogen (secondary N) is 1. The first kappa shape index (κ1) is 24.7. The van der Waals surface area contributed by atoms with Crippen LogP contribution in [-0.2, 0) is 9.53 Å². The zero-order valence-electron chi connectivity index (χ0n) is 20.8. The number of alkyl carbamates (subject to hydrolysis) is 1. The van der Waals surface area contributed by atoms with Crippen molar-refractivity contribution >= 4 is 23.3 Å². The lowest BCUT2D eigenvalue weighted by Crippen LogP contribution is -2.53. The number of benzene rings is 2. The van der Waals surface area contributed by atoms with Gasteiger partial charge in [0, 0.05) is 24.7 Å². The number of nitrogens with zero attached hydrogens (tertiary/aromatic N) is 2. The van der Waals surface area contributed by atoms with Gasteiger partial charge in [-0.15, -0.1) is 0 Å². The van der Waals surface area contributed by atoms with E-state index in [-0.39, 0.29) is 6.10 Å². The van der Waals surface area contributed by atoms with E-state index in [0.29, 0.717) is 13.1 Å². The Hall–Kier alpha value is -3.45. The number of rotatable bonds is 6. The van der Waals surface area contributed by atoms with Crippen molar-refractivity contribution in [3.05, 3.63) is 60.3 Å².